The topological polar surface area (TPSA) is 66.4 Å². The highest BCUT2D eigenvalue weighted by atomic mass is 19.1. The van der Waals surface area contributed by atoms with Gasteiger partial charge in [0.15, 0.2) is 5.78 Å². The van der Waals surface area contributed by atoms with Crippen molar-refractivity contribution in [3.63, 3.8) is 0 Å². The molecule has 5 heteroatoms. The number of aliphatic carboxylic acids is 1. The number of carbonyl (C=O) groups excluding carboxylic acids is 1. The highest BCUT2D eigenvalue weighted by Gasteiger charge is 2.12. The van der Waals surface area contributed by atoms with Crippen LogP contribution in [0, 0.1) is 5.82 Å². The van der Waals surface area contributed by atoms with Crippen molar-refractivity contribution in [2.45, 2.75) is 13.0 Å². The summed E-state index contributed by atoms with van der Waals surface area (Å²) in [5, 5.41) is 11.1. The average Bonchev–Trinajstić information content (AvgIpc) is 2.26. The van der Waals surface area contributed by atoms with E-state index in [1.54, 1.807) is 0 Å². The molecule has 0 aliphatic heterocycles. The second kappa shape index (κ2) is 5.37. The Morgan fingerprint density at radius 3 is 2.44 bits per heavy atom. The highest BCUT2D eigenvalue weighted by Crippen LogP contribution is 2.03. The maximum Gasteiger partial charge on any atom is 0.320 e. The van der Waals surface area contributed by atoms with Gasteiger partial charge in [-0.3, -0.25) is 14.9 Å². The van der Waals surface area contributed by atoms with Crippen molar-refractivity contribution in [3.05, 3.63) is 35.6 Å². The Hall–Kier alpha value is -1.75. The Labute approximate surface area is 92.1 Å². The first-order valence-corrected chi connectivity index (χ1v) is 4.75. The average molecular weight is 225 g/mol. The maximum atomic E-state index is 12.6. The second-order valence-electron chi connectivity index (χ2n) is 3.37. The molecule has 1 atom stereocenters. The molecule has 16 heavy (non-hydrogen) atoms. The molecule has 0 aromatic heterocycles. The molecule has 0 aliphatic rings. The van der Waals surface area contributed by atoms with E-state index in [1.807, 2.05) is 0 Å². The second-order valence-corrected chi connectivity index (χ2v) is 3.37. The van der Waals surface area contributed by atoms with Crippen LogP contribution in [0.3, 0.4) is 0 Å². The largest absolute Gasteiger partial charge is 0.480 e. The third-order valence-electron chi connectivity index (χ3n) is 2.11. The number of hydrogen-bond donors (Lipinski definition) is 2. The summed E-state index contributed by atoms with van der Waals surface area (Å²) < 4.78 is 12.6. The van der Waals surface area contributed by atoms with E-state index in [2.05, 4.69) is 5.32 Å². The zero-order valence-electron chi connectivity index (χ0n) is 8.74. The minimum Gasteiger partial charge on any atom is -0.480 e. The third-order valence-corrected chi connectivity index (χ3v) is 2.11. The SMILES string of the molecule is C[C@@H](NCC(=O)c1ccc(F)cc1)C(=O)O. The van der Waals surface area contributed by atoms with Gasteiger partial charge in [0.05, 0.1) is 6.54 Å². The van der Waals surface area contributed by atoms with Crippen LogP contribution in [0.2, 0.25) is 0 Å². The number of nitrogens with one attached hydrogen (secondary N) is 1. The van der Waals surface area contributed by atoms with E-state index < -0.39 is 17.8 Å². The minimum atomic E-state index is -1.02. The lowest BCUT2D eigenvalue weighted by atomic mass is 10.1. The van der Waals surface area contributed by atoms with Gasteiger partial charge in [-0.05, 0) is 31.2 Å². The zero-order valence-corrected chi connectivity index (χ0v) is 8.74. The number of halogens is 1. The van der Waals surface area contributed by atoms with Gasteiger partial charge in [0.1, 0.15) is 11.9 Å². The molecule has 4 nitrogen and oxygen atoms in total. The minimum absolute atomic E-state index is 0.0842. The van der Waals surface area contributed by atoms with Gasteiger partial charge in [-0.2, -0.15) is 0 Å². The van der Waals surface area contributed by atoms with Gasteiger partial charge < -0.3 is 5.11 Å². The Morgan fingerprint density at radius 2 is 1.94 bits per heavy atom. The summed E-state index contributed by atoms with van der Waals surface area (Å²) in [6.07, 6.45) is 0. The number of Topliss-reactive ketones (excluding diaryl/α,β-unsaturated/α-hetero) is 1. The number of ketones is 1. The molecule has 0 bridgehead atoms. The maximum absolute atomic E-state index is 12.6. The van der Waals surface area contributed by atoms with Crippen LogP contribution in [0.1, 0.15) is 17.3 Å². The van der Waals surface area contributed by atoms with Gasteiger partial charge in [-0.25, -0.2) is 4.39 Å². The lowest BCUT2D eigenvalue weighted by molar-refractivity contribution is -0.138. The molecule has 1 aromatic rings. The summed E-state index contributed by atoms with van der Waals surface area (Å²) in [7, 11) is 0. The van der Waals surface area contributed by atoms with Gasteiger partial charge in [-0.1, -0.05) is 0 Å². The standard InChI is InChI=1S/C11H12FNO3/c1-7(11(15)16)13-6-10(14)8-2-4-9(12)5-3-8/h2-5,7,13H,6H2,1H3,(H,15,16)/t7-/m1/s1. The Kier molecular flexibility index (Phi) is 4.13. The predicted octanol–water partition coefficient (Wildman–Crippen LogP) is 1.07. The molecule has 0 radical (unpaired) electrons. The fourth-order valence-corrected chi connectivity index (χ4v) is 1.07. The fourth-order valence-electron chi connectivity index (χ4n) is 1.07. The molecule has 0 saturated carbocycles. The molecular weight excluding hydrogens is 213 g/mol. The highest BCUT2D eigenvalue weighted by molar-refractivity contribution is 5.97. The summed E-state index contributed by atoms with van der Waals surface area (Å²) in [6, 6.07) is 4.32. The summed E-state index contributed by atoms with van der Waals surface area (Å²) in [4.78, 5) is 22.0. The normalized spacial score (nSPS) is 12.1. The number of rotatable bonds is 5. The van der Waals surface area contributed by atoms with Crippen molar-refractivity contribution in [2.75, 3.05) is 6.54 Å². The van der Waals surface area contributed by atoms with Crippen molar-refractivity contribution < 1.29 is 19.1 Å². The summed E-state index contributed by atoms with van der Waals surface area (Å²) in [5.41, 5.74) is 0.353. The van der Waals surface area contributed by atoms with E-state index in [9.17, 15) is 14.0 Å². The third kappa shape index (κ3) is 3.43. The summed E-state index contributed by atoms with van der Waals surface area (Å²) in [5.74, 6) is -1.71. The first kappa shape index (κ1) is 12.3. The van der Waals surface area contributed by atoms with Gasteiger partial charge in [0.2, 0.25) is 0 Å². The number of carbonyl (C=O) groups is 2. The number of hydrogen-bond acceptors (Lipinski definition) is 3. The molecule has 0 spiro atoms. The van der Waals surface area contributed by atoms with Gasteiger partial charge in [0.25, 0.3) is 0 Å². The molecular formula is C11H12FNO3. The lowest BCUT2D eigenvalue weighted by Gasteiger charge is -2.07. The molecule has 0 fully saturated rings. The van der Waals surface area contributed by atoms with E-state index in [4.69, 9.17) is 5.11 Å². The molecule has 0 heterocycles. The molecule has 0 unspecified atom stereocenters. The van der Waals surface area contributed by atoms with Crippen molar-refractivity contribution in [3.8, 4) is 0 Å². The molecule has 1 aromatic carbocycles. The molecule has 2 N–H and O–H groups in total. The lowest BCUT2D eigenvalue weighted by Crippen LogP contribution is -2.37. The van der Waals surface area contributed by atoms with Crippen molar-refractivity contribution >= 4 is 11.8 Å². The van der Waals surface area contributed by atoms with Crippen LogP contribution < -0.4 is 5.32 Å². The molecule has 1 rings (SSSR count). The van der Waals surface area contributed by atoms with Crippen LogP contribution in [-0.4, -0.2) is 29.4 Å². The van der Waals surface area contributed by atoms with Crippen LogP contribution in [0.4, 0.5) is 4.39 Å². The summed E-state index contributed by atoms with van der Waals surface area (Å²) >= 11 is 0. The van der Waals surface area contributed by atoms with E-state index in [0.29, 0.717) is 5.56 Å². The van der Waals surface area contributed by atoms with Gasteiger partial charge in [-0.15, -0.1) is 0 Å². The first-order valence-electron chi connectivity index (χ1n) is 4.75. The van der Waals surface area contributed by atoms with E-state index in [1.165, 1.54) is 31.2 Å². The molecule has 86 valence electrons. The van der Waals surface area contributed by atoms with Crippen LogP contribution in [0.15, 0.2) is 24.3 Å². The van der Waals surface area contributed by atoms with E-state index in [0.717, 1.165) is 0 Å². The monoisotopic (exact) mass is 225 g/mol. The van der Waals surface area contributed by atoms with Gasteiger partial charge in [0, 0.05) is 5.56 Å². The molecule has 0 amide bonds. The van der Waals surface area contributed by atoms with Crippen molar-refractivity contribution in [1.29, 1.82) is 0 Å². The van der Waals surface area contributed by atoms with E-state index >= 15 is 0 Å². The fraction of sp³-hybridized carbons (Fsp3) is 0.273. The number of benzene rings is 1. The molecule has 0 saturated heterocycles. The number of carboxylic acid groups (broad SMARTS) is 1. The smallest absolute Gasteiger partial charge is 0.320 e. The van der Waals surface area contributed by atoms with E-state index in [-0.39, 0.29) is 12.3 Å². The van der Waals surface area contributed by atoms with Crippen molar-refractivity contribution in [2.24, 2.45) is 0 Å². The van der Waals surface area contributed by atoms with Gasteiger partial charge >= 0.3 is 5.97 Å². The Morgan fingerprint density at radius 1 is 1.38 bits per heavy atom. The van der Waals surface area contributed by atoms with Crippen molar-refractivity contribution in [1.82, 2.24) is 5.32 Å². The summed E-state index contributed by atoms with van der Waals surface area (Å²) in [6.45, 7) is 1.36. The first-order chi connectivity index (χ1) is 7.50. The predicted molar refractivity (Wildman–Crippen MR) is 55.8 cm³/mol. The Bertz CT molecular complexity index is 389. The quantitative estimate of drug-likeness (QED) is 0.736. The Balaban J connectivity index is 2.53. The molecule has 0 aliphatic carbocycles. The van der Waals surface area contributed by atoms with Crippen LogP contribution in [-0.2, 0) is 4.79 Å². The zero-order chi connectivity index (χ0) is 12.1. The van der Waals surface area contributed by atoms with Crippen LogP contribution >= 0.6 is 0 Å². The number of carboxylic acids is 1. The van der Waals surface area contributed by atoms with Crippen LogP contribution in [0.25, 0.3) is 0 Å². The van der Waals surface area contributed by atoms with Crippen LogP contribution in [0.5, 0.6) is 0 Å².